The summed E-state index contributed by atoms with van der Waals surface area (Å²) in [6, 6.07) is 7.87. The van der Waals surface area contributed by atoms with E-state index in [1.165, 1.54) is 24.3 Å². The lowest BCUT2D eigenvalue weighted by molar-refractivity contribution is -0.141. The molecule has 1 aromatic carbocycles. The first-order valence-electron chi connectivity index (χ1n) is 9.44. The van der Waals surface area contributed by atoms with E-state index in [0.717, 1.165) is 0 Å². The van der Waals surface area contributed by atoms with Gasteiger partial charge in [-0.05, 0) is 31.5 Å². The number of nitrogens with one attached hydrogen (secondary N) is 1. The van der Waals surface area contributed by atoms with Crippen molar-refractivity contribution in [3.05, 3.63) is 52.5 Å². The van der Waals surface area contributed by atoms with Crippen LogP contribution in [0.25, 0.3) is 0 Å². The lowest BCUT2D eigenvalue weighted by Crippen LogP contribution is -2.34. The predicted octanol–water partition coefficient (Wildman–Crippen LogP) is 2.89. The SMILES string of the molecule is CCN(CC)C(=O)COc1ccc([C@@H]2C(C#N)=C(N)Oc3n[nH]c(C(F)(F)F)c32)cc1. The molecule has 0 spiro atoms. The van der Waals surface area contributed by atoms with E-state index in [2.05, 4.69) is 5.10 Å². The Labute approximate surface area is 176 Å². The van der Waals surface area contributed by atoms with Gasteiger partial charge in [-0.1, -0.05) is 12.1 Å². The zero-order valence-electron chi connectivity index (χ0n) is 16.8. The van der Waals surface area contributed by atoms with Gasteiger partial charge in [0.25, 0.3) is 5.91 Å². The minimum absolute atomic E-state index is 0.162. The lowest BCUT2D eigenvalue weighted by atomic mass is 9.84. The summed E-state index contributed by atoms with van der Waals surface area (Å²) in [6.45, 7) is 4.66. The van der Waals surface area contributed by atoms with Crippen LogP contribution >= 0.6 is 0 Å². The van der Waals surface area contributed by atoms with Crippen molar-refractivity contribution in [3.8, 4) is 17.7 Å². The van der Waals surface area contributed by atoms with Crippen molar-refractivity contribution < 1.29 is 27.4 Å². The first-order valence-corrected chi connectivity index (χ1v) is 9.44. The van der Waals surface area contributed by atoms with Crippen LogP contribution in [0.3, 0.4) is 0 Å². The van der Waals surface area contributed by atoms with Crippen LogP contribution in [-0.2, 0) is 11.0 Å². The monoisotopic (exact) mass is 435 g/mol. The Morgan fingerprint density at radius 1 is 1.32 bits per heavy atom. The third-order valence-electron chi connectivity index (χ3n) is 4.91. The van der Waals surface area contributed by atoms with Crippen molar-refractivity contribution in [1.29, 1.82) is 5.26 Å². The van der Waals surface area contributed by atoms with E-state index < -0.39 is 17.8 Å². The van der Waals surface area contributed by atoms with Gasteiger partial charge >= 0.3 is 6.18 Å². The molecule has 0 unspecified atom stereocenters. The zero-order valence-corrected chi connectivity index (χ0v) is 16.8. The number of halogens is 3. The minimum atomic E-state index is -4.73. The number of aromatic amines is 1. The fraction of sp³-hybridized carbons (Fsp3) is 0.350. The van der Waals surface area contributed by atoms with Gasteiger partial charge in [-0.2, -0.15) is 18.4 Å². The molecule has 3 N–H and O–H groups in total. The second kappa shape index (κ2) is 8.59. The molecule has 0 saturated carbocycles. The van der Waals surface area contributed by atoms with Crippen molar-refractivity contribution in [2.75, 3.05) is 19.7 Å². The Morgan fingerprint density at radius 3 is 2.52 bits per heavy atom. The largest absolute Gasteiger partial charge is 0.484 e. The maximum atomic E-state index is 13.5. The Morgan fingerprint density at radius 2 is 1.97 bits per heavy atom. The average Bonchev–Trinajstić information content (AvgIpc) is 3.16. The van der Waals surface area contributed by atoms with Crippen LogP contribution in [-0.4, -0.2) is 40.7 Å². The van der Waals surface area contributed by atoms with Gasteiger partial charge in [0.15, 0.2) is 6.61 Å². The number of H-pyrrole nitrogens is 1. The molecule has 0 bridgehead atoms. The van der Waals surface area contributed by atoms with Gasteiger partial charge < -0.3 is 20.1 Å². The quantitative estimate of drug-likeness (QED) is 0.721. The number of nitriles is 1. The molecule has 0 fully saturated rings. The molecule has 11 heteroatoms. The number of ether oxygens (including phenoxy) is 2. The Bertz CT molecular complexity index is 1030. The van der Waals surface area contributed by atoms with E-state index in [-0.39, 0.29) is 35.4 Å². The third kappa shape index (κ3) is 4.28. The van der Waals surface area contributed by atoms with Gasteiger partial charge in [0.1, 0.15) is 23.1 Å². The van der Waals surface area contributed by atoms with Gasteiger partial charge in [-0.15, -0.1) is 5.10 Å². The summed E-state index contributed by atoms with van der Waals surface area (Å²) < 4.78 is 51.0. The number of nitrogens with two attached hydrogens (primary N) is 1. The number of aromatic nitrogens is 2. The summed E-state index contributed by atoms with van der Waals surface area (Å²) in [7, 11) is 0. The van der Waals surface area contributed by atoms with Gasteiger partial charge in [0, 0.05) is 13.1 Å². The second-order valence-corrected chi connectivity index (χ2v) is 6.66. The molecule has 2 heterocycles. The highest BCUT2D eigenvalue weighted by molar-refractivity contribution is 5.77. The summed E-state index contributed by atoms with van der Waals surface area (Å²) in [5.74, 6) is -1.60. The summed E-state index contributed by atoms with van der Waals surface area (Å²) in [6.07, 6.45) is -4.73. The molecule has 8 nitrogen and oxygen atoms in total. The number of allylic oxidation sites excluding steroid dienone is 1. The summed E-state index contributed by atoms with van der Waals surface area (Å²) >= 11 is 0. The molecule has 0 aliphatic carbocycles. The van der Waals surface area contributed by atoms with E-state index >= 15 is 0 Å². The topological polar surface area (TPSA) is 117 Å². The van der Waals surface area contributed by atoms with Crippen LogP contribution in [0.5, 0.6) is 11.6 Å². The van der Waals surface area contributed by atoms with E-state index in [0.29, 0.717) is 24.4 Å². The first-order chi connectivity index (χ1) is 14.7. The van der Waals surface area contributed by atoms with Crippen molar-refractivity contribution >= 4 is 5.91 Å². The number of rotatable bonds is 6. The number of likely N-dealkylation sites (N-methyl/N-ethyl adjacent to an activating group) is 1. The van der Waals surface area contributed by atoms with Crippen LogP contribution in [0.4, 0.5) is 13.2 Å². The molecule has 164 valence electrons. The average molecular weight is 435 g/mol. The van der Waals surface area contributed by atoms with Gasteiger partial charge in [0.05, 0.1) is 11.5 Å². The number of carbonyl (C=O) groups is 1. The fourth-order valence-corrected chi connectivity index (χ4v) is 3.36. The summed E-state index contributed by atoms with van der Waals surface area (Å²) in [4.78, 5) is 13.7. The van der Waals surface area contributed by atoms with Gasteiger partial charge in [-0.3, -0.25) is 9.89 Å². The number of hydrogen-bond donors (Lipinski definition) is 2. The second-order valence-electron chi connectivity index (χ2n) is 6.66. The molecule has 2 aromatic rings. The van der Waals surface area contributed by atoms with Crippen LogP contribution in [0, 0.1) is 11.3 Å². The molecule has 1 aromatic heterocycles. The van der Waals surface area contributed by atoms with E-state index in [1.807, 2.05) is 25.0 Å². The molecule has 0 radical (unpaired) electrons. The van der Waals surface area contributed by atoms with Crippen LogP contribution in [0.15, 0.2) is 35.7 Å². The van der Waals surface area contributed by atoms with Gasteiger partial charge in [0.2, 0.25) is 11.8 Å². The third-order valence-corrected chi connectivity index (χ3v) is 4.91. The number of carbonyl (C=O) groups excluding carboxylic acids is 1. The molecular formula is C20H20F3N5O3. The van der Waals surface area contributed by atoms with Crippen LogP contribution < -0.4 is 15.2 Å². The molecular weight excluding hydrogens is 415 g/mol. The minimum Gasteiger partial charge on any atom is -0.484 e. The maximum absolute atomic E-state index is 13.5. The number of hydrogen-bond acceptors (Lipinski definition) is 6. The highest BCUT2D eigenvalue weighted by Gasteiger charge is 2.44. The van der Waals surface area contributed by atoms with Gasteiger partial charge in [-0.25, -0.2) is 0 Å². The Balaban J connectivity index is 1.91. The number of benzene rings is 1. The molecule has 31 heavy (non-hydrogen) atoms. The van der Waals surface area contributed by atoms with Crippen molar-refractivity contribution in [3.63, 3.8) is 0 Å². The number of amides is 1. The van der Waals surface area contributed by atoms with Crippen molar-refractivity contribution in [2.45, 2.75) is 25.9 Å². The van der Waals surface area contributed by atoms with E-state index in [4.69, 9.17) is 15.2 Å². The number of fused-ring (bicyclic) bond motifs is 1. The fourth-order valence-electron chi connectivity index (χ4n) is 3.36. The molecule has 1 aliphatic rings. The maximum Gasteiger partial charge on any atom is 0.433 e. The zero-order chi connectivity index (χ0) is 22.8. The smallest absolute Gasteiger partial charge is 0.433 e. The standard InChI is InChI=1S/C20H20F3N5O3/c1-3-28(4-2)14(29)10-30-12-7-5-11(6-8-12)15-13(9-24)18(25)31-19-16(15)17(26-27-19)20(21,22)23/h5-8,15H,3-4,10,25H2,1-2H3,(H,26,27)/t15-/m1/s1. The molecule has 0 saturated heterocycles. The van der Waals surface area contributed by atoms with E-state index in [9.17, 15) is 23.2 Å². The number of alkyl halides is 3. The molecule has 1 atom stereocenters. The highest BCUT2D eigenvalue weighted by Crippen LogP contribution is 2.46. The van der Waals surface area contributed by atoms with Crippen molar-refractivity contribution in [1.82, 2.24) is 15.1 Å². The van der Waals surface area contributed by atoms with Crippen LogP contribution in [0.2, 0.25) is 0 Å². The van der Waals surface area contributed by atoms with E-state index in [1.54, 1.807) is 4.90 Å². The summed E-state index contributed by atoms with van der Waals surface area (Å²) in [5.41, 5.74) is 4.52. The first kappa shape index (κ1) is 22.0. The van der Waals surface area contributed by atoms with Crippen LogP contribution in [0.1, 0.15) is 36.6 Å². The molecule has 3 rings (SSSR count). The molecule has 1 aliphatic heterocycles. The number of nitrogens with zero attached hydrogens (tertiary/aromatic N) is 3. The Kier molecular flexibility index (Phi) is 6.10. The normalized spacial score (nSPS) is 15.7. The highest BCUT2D eigenvalue weighted by atomic mass is 19.4. The molecule has 1 amide bonds. The lowest BCUT2D eigenvalue weighted by Gasteiger charge is -2.24. The summed E-state index contributed by atoms with van der Waals surface area (Å²) in [5, 5.41) is 15.0. The van der Waals surface area contributed by atoms with Crippen molar-refractivity contribution in [2.24, 2.45) is 5.73 Å². The predicted molar refractivity (Wildman–Crippen MR) is 103 cm³/mol. The Hall–Kier alpha value is -3.68.